The molecule has 1 aromatic carbocycles. The van der Waals surface area contributed by atoms with Gasteiger partial charge in [-0.15, -0.1) is 0 Å². The summed E-state index contributed by atoms with van der Waals surface area (Å²) in [5.74, 6) is 1.25. The van der Waals surface area contributed by atoms with Gasteiger partial charge in [0.05, 0.1) is 0 Å². The maximum Gasteiger partial charge on any atom is 0.168 e. The minimum atomic E-state index is -1.03. The molecule has 1 heterocycles. The number of rotatable bonds is 0. The van der Waals surface area contributed by atoms with Crippen LogP contribution in [0.5, 0.6) is 11.5 Å². The van der Waals surface area contributed by atoms with Crippen LogP contribution in [0.1, 0.15) is 0 Å². The molecule has 12 heavy (non-hydrogen) atoms. The first-order valence-corrected chi connectivity index (χ1v) is 3.85. The van der Waals surface area contributed by atoms with Crippen LogP contribution in [0, 0.1) is 0 Å². The first-order chi connectivity index (χ1) is 5.86. The van der Waals surface area contributed by atoms with E-state index in [1.807, 2.05) is 12.1 Å². The number of hydrogen-bond acceptors (Lipinski definition) is 2. The molecule has 0 atom stereocenters. The summed E-state index contributed by atoms with van der Waals surface area (Å²) in [5, 5.41) is 0. The van der Waals surface area contributed by atoms with Gasteiger partial charge in [-0.1, -0.05) is 12.1 Å². The van der Waals surface area contributed by atoms with E-state index in [1.54, 1.807) is 12.1 Å². The lowest BCUT2D eigenvalue weighted by Crippen LogP contribution is -2.17. The van der Waals surface area contributed by atoms with E-state index in [0.29, 0.717) is 11.5 Å². The third-order valence-electron chi connectivity index (χ3n) is 1.69. The van der Waals surface area contributed by atoms with E-state index in [9.17, 15) is 4.39 Å². The second kappa shape index (κ2) is 3.01. The summed E-state index contributed by atoms with van der Waals surface area (Å²) < 4.78 is 23.1. The molecule has 2 rings (SSSR count). The zero-order valence-corrected chi connectivity index (χ0v) is 6.50. The lowest BCUT2D eigenvalue weighted by atomic mass is 10.3. The Balaban J connectivity index is 2.26. The van der Waals surface area contributed by atoms with Crippen molar-refractivity contribution in [2.75, 3.05) is 13.2 Å². The summed E-state index contributed by atoms with van der Waals surface area (Å²) in [6, 6.07) is 7.21. The zero-order valence-electron chi connectivity index (χ0n) is 6.50. The molecule has 1 aromatic rings. The van der Waals surface area contributed by atoms with Crippen LogP contribution in [0.15, 0.2) is 24.3 Å². The van der Waals surface area contributed by atoms with Gasteiger partial charge in [0.1, 0.15) is 13.2 Å². The van der Waals surface area contributed by atoms with Gasteiger partial charge in [0.15, 0.2) is 17.7 Å². The second-order valence-corrected chi connectivity index (χ2v) is 2.67. The van der Waals surface area contributed by atoms with E-state index in [2.05, 4.69) is 0 Å². The molecule has 0 aliphatic carbocycles. The van der Waals surface area contributed by atoms with Crippen molar-refractivity contribution in [1.82, 2.24) is 0 Å². The van der Waals surface area contributed by atoms with Gasteiger partial charge in [0.25, 0.3) is 0 Å². The molecule has 0 unspecified atom stereocenters. The molecule has 0 fully saturated rings. The Kier molecular flexibility index (Phi) is 1.86. The molecule has 0 bridgehead atoms. The average molecular weight is 168 g/mol. The van der Waals surface area contributed by atoms with Gasteiger partial charge >= 0.3 is 0 Å². The van der Waals surface area contributed by atoms with E-state index in [4.69, 9.17) is 9.47 Å². The summed E-state index contributed by atoms with van der Waals surface area (Å²) in [5.41, 5.74) is 0. The second-order valence-electron chi connectivity index (χ2n) is 2.67. The molecule has 1 aliphatic rings. The highest BCUT2D eigenvalue weighted by Gasteiger charge is 2.15. The number of alkyl halides is 1. The molecular formula is C9H9FO2. The van der Waals surface area contributed by atoms with Crippen LogP contribution in [0.2, 0.25) is 0 Å². The van der Waals surface area contributed by atoms with Crippen LogP contribution in [-0.2, 0) is 0 Å². The van der Waals surface area contributed by atoms with Crippen molar-refractivity contribution in [3.8, 4) is 11.5 Å². The summed E-state index contributed by atoms with van der Waals surface area (Å²) in [7, 11) is 0. The molecular weight excluding hydrogens is 159 g/mol. The summed E-state index contributed by atoms with van der Waals surface area (Å²) in [6.07, 6.45) is -1.03. The van der Waals surface area contributed by atoms with Crippen LogP contribution in [0.4, 0.5) is 4.39 Å². The number of halogens is 1. The zero-order chi connectivity index (χ0) is 8.39. The van der Waals surface area contributed by atoms with Crippen molar-refractivity contribution in [3.63, 3.8) is 0 Å². The van der Waals surface area contributed by atoms with Crippen molar-refractivity contribution in [2.45, 2.75) is 6.17 Å². The van der Waals surface area contributed by atoms with E-state index in [-0.39, 0.29) is 13.2 Å². The van der Waals surface area contributed by atoms with Crippen LogP contribution >= 0.6 is 0 Å². The fraction of sp³-hybridized carbons (Fsp3) is 0.333. The molecule has 0 aromatic heterocycles. The summed E-state index contributed by atoms with van der Waals surface area (Å²) in [6.45, 7) is 0.161. The fourth-order valence-electron chi connectivity index (χ4n) is 1.10. The maximum absolute atomic E-state index is 12.8. The molecule has 0 spiro atoms. The molecule has 0 saturated heterocycles. The molecule has 3 heteroatoms. The standard InChI is InChI=1S/C9H9FO2/c10-7-5-11-8-3-1-2-4-9(8)12-6-7/h1-4,7H,5-6H2. The molecule has 0 saturated carbocycles. The van der Waals surface area contributed by atoms with E-state index in [0.717, 1.165) is 0 Å². The Morgan fingerprint density at radius 2 is 1.58 bits per heavy atom. The van der Waals surface area contributed by atoms with Gasteiger partial charge in [0, 0.05) is 0 Å². The van der Waals surface area contributed by atoms with Crippen LogP contribution in [0.25, 0.3) is 0 Å². The van der Waals surface area contributed by atoms with Gasteiger partial charge in [-0.25, -0.2) is 4.39 Å². The Morgan fingerprint density at radius 1 is 1.08 bits per heavy atom. The van der Waals surface area contributed by atoms with Gasteiger partial charge in [-0.05, 0) is 12.1 Å². The van der Waals surface area contributed by atoms with E-state index in [1.165, 1.54) is 0 Å². The SMILES string of the molecule is FC1COc2ccccc2OC1. The minimum Gasteiger partial charge on any atom is -0.487 e. The van der Waals surface area contributed by atoms with Gasteiger partial charge < -0.3 is 9.47 Å². The Labute approximate surface area is 69.9 Å². The normalized spacial score (nSPS) is 17.1. The number of hydrogen-bond donors (Lipinski definition) is 0. The largest absolute Gasteiger partial charge is 0.487 e. The van der Waals surface area contributed by atoms with Crippen LogP contribution < -0.4 is 9.47 Å². The fourth-order valence-corrected chi connectivity index (χ4v) is 1.10. The third-order valence-corrected chi connectivity index (χ3v) is 1.69. The Hall–Kier alpha value is -1.25. The number of benzene rings is 1. The first-order valence-electron chi connectivity index (χ1n) is 3.85. The molecule has 1 aliphatic heterocycles. The van der Waals surface area contributed by atoms with Gasteiger partial charge in [0.2, 0.25) is 0 Å². The lowest BCUT2D eigenvalue weighted by Gasteiger charge is -2.04. The molecule has 0 radical (unpaired) electrons. The molecule has 64 valence electrons. The van der Waals surface area contributed by atoms with Crippen molar-refractivity contribution in [2.24, 2.45) is 0 Å². The third kappa shape index (κ3) is 1.35. The topological polar surface area (TPSA) is 18.5 Å². The quantitative estimate of drug-likeness (QED) is 0.588. The van der Waals surface area contributed by atoms with Gasteiger partial charge in [-0.3, -0.25) is 0 Å². The van der Waals surface area contributed by atoms with E-state index >= 15 is 0 Å². The highest BCUT2D eigenvalue weighted by Crippen LogP contribution is 2.28. The van der Waals surface area contributed by atoms with E-state index < -0.39 is 6.17 Å². The highest BCUT2D eigenvalue weighted by molar-refractivity contribution is 5.39. The van der Waals surface area contributed by atoms with Crippen molar-refractivity contribution < 1.29 is 13.9 Å². The lowest BCUT2D eigenvalue weighted by molar-refractivity contribution is 0.162. The Morgan fingerprint density at radius 3 is 2.08 bits per heavy atom. The first kappa shape index (κ1) is 7.40. The highest BCUT2D eigenvalue weighted by atomic mass is 19.1. The van der Waals surface area contributed by atoms with Crippen LogP contribution in [-0.4, -0.2) is 19.4 Å². The molecule has 0 amide bonds. The molecule has 2 nitrogen and oxygen atoms in total. The summed E-state index contributed by atoms with van der Waals surface area (Å²) in [4.78, 5) is 0. The minimum absolute atomic E-state index is 0.0804. The number of para-hydroxylation sites is 2. The number of fused-ring (bicyclic) bond motifs is 1. The predicted molar refractivity (Wildman–Crippen MR) is 42.3 cm³/mol. The van der Waals surface area contributed by atoms with Crippen molar-refractivity contribution in [1.29, 1.82) is 0 Å². The van der Waals surface area contributed by atoms with Crippen molar-refractivity contribution >= 4 is 0 Å². The summed E-state index contributed by atoms with van der Waals surface area (Å²) >= 11 is 0. The Bertz CT molecular complexity index is 248. The molecule has 0 N–H and O–H groups in total. The number of ether oxygens (including phenoxy) is 2. The van der Waals surface area contributed by atoms with Gasteiger partial charge in [-0.2, -0.15) is 0 Å². The van der Waals surface area contributed by atoms with Crippen molar-refractivity contribution in [3.05, 3.63) is 24.3 Å². The smallest absolute Gasteiger partial charge is 0.168 e. The van der Waals surface area contributed by atoms with Crippen LogP contribution in [0.3, 0.4) is 0 Å². The predicted octanol–water partition coefficient (Wildman–Crippen LogP) is 1.80. The average Bonchev–Trinajstić information content (AvgIpc) is 2.29. The maximum atomic E-state index is 12.8. The monoisotopic (exact) mass is 168 g/mol.